The van der Waals surface area contributed by atoms with Crippen LogP contribution in [0.25, 0.3) is 0 Å². The summed E-state index contributed by atoms with van der Waals surface area (Å²) < 4.78 is 32.2. The van der Waals surface area contributed by atoms with E-state index in [2.05, 4.69) is 30.5 Å². The number of unbranched alkanes of at least 4 members (excludes halogenated alkanes) is 21. The molecule has 0 aromatic carbocycles. The number of hydrogen-bond donors (Lipinski definition) is 1. The summed E-state index contributed by atoms with van der Waals surface area (Å²) in [5.41, 5.74) is 5.30. The van der Waals surface area contributed by atoms with Crippen molar-refractivity contribution < 1.29 is 37.6 Å². The molecule has 0 aliphatic rings. The number of hydrogen-bond acceptors (Lipinski definition) is 9. The predicted octanol–water partition coefficient (Wildman–Crippen LogP) is 9.64. The van der Waals surface area contributed by atoms with Crippen LogP contribution in [0, 0.1) is 0 Å². The molecule has 0 bridgehead atoms. The van der Waals surface area contributed by atoms with Crippen LogP contribution in [-0.4, -0.2) is 44.4 Å². The van der Waals surface area contributed by atoms with E-state index in [1.807, 2.05) is 0 Å². The summed E-state index contributed by atoms with van der Waals surface area (Å²) in [6.07, 6.45) is 32.2. The van der Waals surface area contributed by atoms with Crippen LogP contribution in [0.2, 0.25) is 0 Å². The van der Waals surface area contributed by atoms with Crippen molar-refractivity contribution in [2.24, 2.45) is 5.73 Å². The Labute approximate surface area is 288 Å². The van der Waals surface area contributed by atoms with Crippen LogP contribution in [0.1, 0.15) is 181 Å². The van der Waals surface area contributed by atoms with Gasteiger partial charge in [0.2, 0.25) is 0 Å². The maximum Gasteiger partial charge on any atom is 0.306 e. The van der Waals surface area contributed by atoms with Crippen molar-refractivity contribution in [1.82, 2.24) is 0 Å². The van der Waals surface area contributed by atoms with Gasteiger partial charge in [0.25, 0.3) is 7.82 Å². The van der Waals surface area contributed by atoms with Gasteiger partial charge >= 0.3 is 11.9 Å². The lowest BCUT2D eigenvalue weighted by Crippen LogP contribution is -2.30. The normalized spacial score (nSPS) is 13.5. The minimum absolute atomic E-state index is 0.0148. The molecule has 0 rings (SSSR count). The molecule has 0 spiro atoms. The Morgan fingerprint density at radius 1 is 0.617 bits per heavy atom. The van der Waals surface area contributed by atoms with Crippen LogP contribution in [0.3, 0.4) is 0 Å². The molecule has 0 aliphatic heterocycles. The van der Waals surface area contributed by atoms with Gasteiger partial charge in [-0.2, -0.15) is 0 Å². The van der Waals surface area contributed by atoms with Gasteiger partial charge in [-0.1, -0.05) is 142 Å². The highest BCUT2D eigenvalue weighted by Crippen LogP contribution is 2.38. The van der Waals surface area contributed by atoms with Crippen LogP contribution in [0.15, 0.2) is 12.2 Å². The van der Waals surface area contributed by atoms with Gasteiger partial charge in [-0.3, -0.25) is 14.2 Å². The fourth-order valence-electron chi connectivity index (χ4n) is 5.27. The van der Waals surface area contributed by atoms with Crippen molar-refractivity contribution >= 4 is 19.8 Å². The molecule has 0 saturated heterocycles. The molecule has 0 saturated carbocycles. The Morgan fingerprint density at radius 3 is 1.51 bits per heavy atom. The predicted molar refractivity (Wildman–Crippen MR) is 190 cm³/mol. The van der Waals surface area contributed by atoms with E-state index < -0.39 is 32.5 Å². The van der Waals surface area contributed by atoms with Crippen LogP contribution in [0.5, 0.6) is 0 Å². The number of ether oxygens (including phenoxy) is 2. The third kappa shape index (κ3) is 34.4. The molecular formula is C37H71NO8P-. The minimum atomic E-state index is -4.61. The smallest absolute Gasteiger partial charge is 0.306 e. The number of esters is 2. The van der Waals surface area contributed by atoms with Crippen molar-refractivity contribution in [3.63, 3.8) is 0 Å². The van der Waals surface area contributed by atoms with Crippen LogP contribution in [0.4, 0.5) is 0 Å². The van der Waals surface area contributed by atoms with Gasteiger partial charge in [-0.05, 0) is 38.5 Å². The zero-order valence-corrected chi connectivity index (χ0v) is 31.1. The molecule has 0 fully saturated rings. The Kier molecular flexibility index (Phi) is 33.7. The summed E-state index contributed by atoms with van der Waals surface area (Å²) in [4.78, 5) is 36.7. The lowest BCUT2D eigenvalue weighted by Gasteiger charge is -2.25. The molecule has 1 unspecified atom stereocenters. The van der Waals surface area contributed by atoms with Gasteiger partial charge in [0, 0.05) is 19.4 Å². The summed E-state index contributed by atoms with van der Waals surface area (Å²) in [7, 11) is -4.61. The number of phosphoric acid groups is 1. The van der Waals surface area contributed by atoms with Gasteiger partial charge in [-0.15, -0.1) is 0 Å². The molecule has 2 atom stereocenters. The van der Waals surface area contributed by atoms with Crippen LogP contribution in [-0.2, 0) is 32.7 Å². The maximum absolute atomic E-state index is 12.5. The van der Waals surface area contributed by atoms with Crippen molar-refractivity contribution in [3.8, 4) is 0 Å². The Hall–Kier alpha value is -1.25. The monoisotopic (exact) mass is 688 g/mol. The second kappa shape index (κ2) is 34.6. The third-order valence-corrected chi connectivity index (χ3v) is 9.11. The molecule has 0 amide bonds. The second-order valence-corrected chi connectivity index (χ2v) is 14.2. The first kappa shape index (κ1) is 45.8. The summed E-state index contributed by atoms with van der Waals surface area (Å²) in [5.74, 6) is -0.870. The average molecular weight is 689 g/mol. The molecule has 0 radical (unpaired) electrons. The lowest BCUT2D eigenvalue weighted by molar-refractivity contribution is -0.228. The molecule has 47 heavy (non-hydrogen) atoms. The first-order chi connectivity index (χ1) is 22.8. The Morgan fingerprint density at radius 2 is 1.04 bits per heavy atom. The number of nitrogens with two attached hydrogens (primary N) is 1. The average Bonchev–Trinajstić information content (AvgIpc) is 3.05. The standard InChI is InChI=1S/C37H72NO8P/c1-3-5-7-9-11-13-15-16-17-18-20-21-23-25-27-29-36(39)43-33-35(34-45-47(41,42)44-32-31-38)46-37(40)30-28-26-24-22-19-14-12-10-8-6-4-2/h16-17,35H,3-15,18-34,38H2,1-2H3,(H,41,42)/p-1/b17-16-/t35-/m1/s1. The SMILES string of the molecule is CCCCCCCC/C=C\CCCCCCCC(=O)OC[C@H](COP(=O)([O-])OCCN)OC(=O)CCCCCCCCCCCCC. The molecule has 2 N–H and O–H groups in total. The van der Waals surface area contributed by atoms with Gasteiger partial charge in [-0.25, -0.2) is 0 Å². The van der Waals surface area contributed by atoms with Gasteiger partial charge in [0.15, 0.2) is 6.10 Å². The summed E-state index contributed by atoms with van der Waals surface area (Å²) in [6.45, 7) is 3.51. The quantitative estimate of drug-likeness (QED) is 0.0295. The van der Waals surface area contributed by atoms with Crippen molar-refractivity contribution in [2.75, 3.05) is 26.4 Å². The molecule has 9 nitrogen and oxygen atoms in total. The van der Waals surface area contributed by atoms with E-state index in [-0.39, 0.29) is 32.6 Å². The van der Waals surface area contributed by atoms with E-state index in [0.29, 0.717) is 6.42 Å². The molecule has 10 heteroatoms. The topological polar surface area (TPSA) is 137 Å². The van der Waals surface area contributed by atoms with E-state index in [9.17, 15) is 19.0 Å². The largest absolute Gasteiger partial charge is 0.756 e. The number of carbonyl (C=O) groups is 2. The molecule has 278 valence electrons. The molecule has 0 aromatic heterocycles. The highest BCUT2D eigenvalue weighted by Gasteiger charge is 2.21. The van der Waals surface area contributed by atoms with E-state index in [0.717, 1.165) is 57.8 Å². The fraction of sp³-hybridized carbons (Fsp3) is 0.892. The highest BCUT2D eigenvalue weighted by molar-refractivity contribution is 7.45. The number of rotatable bonds is 36. The maximum atomic E-state index is 12.5. The molecule has 0 aliphatic carbocycles. The first-order valence-corrected chi connectivity index (χ1v) is 20.6. The van der Waals surface area contributed by atoms with Crippen molar-refractivity contribution in [3.05, 3.63) is 12.2 Å². The van der Waals surface area contributed by atoms with Gasteiger partial charge in [0.1, 0.15) is 6.61 Å². The fourth-order valence-corrected chi connectivity index (χ4v) is 6.02. The Bertz CT molecular complexity index is 794. The lowest BCUT2D eigenvalue weighted by atomic mass is 10.1. The number of carbonyl (C=O) groups excluding carboxylic acids is 2. The highest BCUT2D eigenvalue weighted by atomic mass is 31.2. The molecular weight excluding hydrogens is 617 g/mol. The second-order valence-electron chi connectivity index (χ2n) is 12.8. The van der Waals surface area contributed by atoms with E-state index in [1.54, 1.807) is 0 Å². The van der Waals surface area contributed by atoms with Crippen LogP contribution < -0.4 is 10.6 Å². The summed E-state index contributed by atoms with van der Waals surface area (Å²) >= 11 is 0. The van der Waals surface area contributed by atoms with E-state index >= 15 is 0 Å². The molecule has 0 aromatic rings. The summed E-state index contributed by atoms with van der Waals surface area (Å²) in [6, 6.07) is 0. The minimum Gasteiger partial charge on any atom is -0.756 e. The van der Waals surface area contributed by atoms with E-state index in [4.69, 9.17) is 19.7 Å². The Balaban J connectivity index is 4.20. The summed E-state index contributed by atoms with van der Waals surface area (Å²) in [5, 5.41) is 0. The third-order valence-electron chi connectivity index (χ3n) is 8.14. The van der Waals surface area contributed by atoms with Crippen molar-refractivity contribution in [1.29, 1.82) is 0 Å². The molecule has 0 heterocycles. The van der Waals surface area contributed by atoms with Gasteiger partial charge in [0.05, 0.1) is 13.2 Å². The number of phosphoric ester groups is 1. The first-order valence-electron chi connectivity index (χ1n) is 19.1. The van der Waals surface area contributed by atoms with Crippen molar-refractivity contribution in [2.45, 2.75) is 187 Å². The van der Waals surface area contributed by atoms with Crippen LogP contribution >= 0.6 is 7.82 Å². The van der Waals surface area contributed by atoms with E-state index in [1.165, 1.54) is 89.9 Å². The number of allylic oxidation sites excluding steroid dienone is 2. The van der Waals surface area contributed by atoms with Gasteiger partial charge < -0.3 is 29.1 Å². The zero-order valence-electron chi connectivity index (χ0n) is 30.2. The zero-order chi connectivity index (χ0) is 34.7.